The van der Waals surface area contributed by atoms with E-state index in [1.165, 1.54) is 11.8 Å². The molecule has 2 aromatic rings. The summed E-state index contributed by atoms with van der Waals surface area (Å²) in [4.78, 5) is 16.5. The Hall–Kier alpha value is -1.69. The van der Waals surface area contributed by atoms with Gasteiger partial charge in [0, 0.05) is 24.6 Å². The summed E-state index contributed by atoms with van der Waals surface area (Å²) < 4.78 is 1.83. The Morgan fingerprint density at radius 3 is 2.82 bits per heavy atom. The highest BCUT2D eigenvalue weighted by atomic mass is 32.2. The van der Waals surface area contributed by atoms with Crippen LogP contribution in [0.5, 0.6) is 0 Å². The summed E-state index contributed by atoms with van der Waals surface area (Å²) in [5.41, 5.74) is 0.509. The fourth-order valence-corrected chi connectivity index (χ4v) is 1.99. The second kappa shape index (κ2) is 5.09. The molecular weight excluding hydrogens is 236 g/mol. The van der Waals surface area contributed by atoms with E-state index < -0.39 is 0 Å². The average molecular weight is 248 g/mol. The van der Waals surface area contributed by atoms with E-state index >= 15 is 0 Å². The van der Waals surface area contributed by atoms with Crippen molar-refractivity contribution in [3.8, 4) is 0 Å². The van der Waals surface area contributed by atoms with E-state index in [1.54, 1.807) is 18.6 Å². The van der Waals surface area contributed by atoms with Crippen LogP contribution in [0.2, 0.25) is 0 Å². The van der Waals surface area contributed by atoms with Crippen LogP contribution in [0.25, 0.3) is 0 Å². The normalized spacial score (nSPS) is 10.5. The summed E-state index contributed by atoms with van der Waals surface area (Å²) >= 11 is 1.46. The van der Waals surface area contributed by atoms with Gasteiger partial charge in [-0.3, -0.25) is 9.78 Å². The molecule has 0 N–H and O–H groups in total. The zero-order valence-electron chi connectivity index (χ0n) is 9.62. The summed E-state index contributed by atoms with van der Waals surface area (Å²) in [6.07, 6.45) is 3.80. The van der Waals surface area contributed by atoms with Gasteiger partial charge in [-0.05, 0) is 23.9 Å². The van der Waals surface area contributed by atoms with Crippen molar-refractivity contribution in [2.45, 2.75) is 23.4 Å². The highest BCUT2D eigenvalue weighted by Crippen LogP contribution is 2.24. The molecular formula is C11H12N4OS. The lowest BCUT2D eigenvalue weighted by atomic mass is 10.2. The maximum atomic E-state index is 11.4. The van der Waals surface area contributed by atoms with Crippen LogP contribution in [0.1, 0.15) is 23.8 Å². The average Bonchev–Trinajstić information content (AvgIpc) is 2.75. The number of aromatic nitrogens is 4. The van der Waals surface area contributed by atoms with Crippen molar-refractivity contribution in [1.82, 2.24) is 19.7 Å². The quantitative estimate of drug-likeness (QED) is 0.774. The maximum absolute atomic E-state index is 11.4. The monoisotopic (exact) mass is 248 g/mol. The van der Waals surface area contributed by atoms with Gasteiger partial charge in [0.25, 0.3) is 0 Å². The molecule has 0 unspecified atom stereocenters. The summed E-state index contributed by atoms with van der Waals surface area (Å²) in [7, 11) is 1.88. The highest BCUT2D eigenvalue weighted by Gasteiger charge is 2.07. The maximum Gasteiger partial charge on any atom is 0.195 e. The number of hydrogen-bond acceptors (Lipinski definition) is 5. The Morgan fingerprint density at radius 2 is 2.29 bits per heavy atom. The number of nitrogens with zero attached hydrogens (tertiary/aromatic N) is 4. The topological polar surface area (TPSA) is 60.7 Å². The number of hydrogen-bond donors (Lipinski definition) is 0. The largest absolute Gasteiger partial charge is 0.311 e. The van der Waals surface area contributed by atoms with Crippen molar-refractivity contribution in [2.24, 2.45) is 7.05 Å². The molecule has 2 aromatic heterocycles. The van der Waals surface area contributed by atoms with Gasteiger partial charge in [0.2, 0.25) is 0 Å². The van der Waals surface area contributed by atoms with Gasteiger partial charge in [-0.15, -0.1) is 10.2 Å². The van der Waals surface area contributed by atoms with Crippen LogP contribution in [-0.2, 0) is 7.05 Å². The molecule has 0 aliphatic carbocycles. The summed E-state index contributed by atoms with van der Waals surface area (Å²) in [5, 5.41) is 8.55. The Morgan fingerprint density at radius 1 is 1.47 bits per heavy atom. The third-order valence-electron chi connectivity index (χ3n) is 2.22. The van der Waals surface area contributed by atoms with Crippen LogP contribution >= 0.6 is 11.8 Å². The lowest BCUT2D eigenvalue weighted by molar-refractivity contribution is 0.0983. The Labute approximate surface area is 103 Å². The van der Waals surface area contributed by atoms with Crippen molar-refractivity contribution in [3.05, 3.63) is 30.4 Å². The van der Waals surface area contributed by atoms with Crippen molar-refractivity contribution in [1.29, 1.82) is 0 Å². The number of carbonyl (C=O) groups is 1. The van der Waals surface area contributed by atoms with Crippen LogP contribution in [-0.4, -0.2) is 25.5 Å². The van der Waals surface area contributed by atoms with Crippen LogP contribution < -0.4 is 0 Å². The second-order valence-electron chi connectivity index (χ2n) is 3.48. The number of Topliss-reactive ketones (excluding diaryl/α,β-unsaturated/α-hetero) is 1. The molecule has 0 saturated heterocycles. The number of aryl methyl sites for hydroxylation is 1. The fourth-order valence-electron chi connectivity index (χ4n) is 1.26. The summed E-state index contributed by atoms with van der Waals surface area (Å²) in [6, 6.07) is 3.61. The molecule has 2 rings (SSSR count). The van der Waals surface area contributed by atoms with Gasteiger partial charge in [-0.2, -0.15) is 0 Å². The van der Waals surface area contributed by atoms with E-state index in [2.05, 4.69) is 15.2 Å². The minimum absolute atomic E-state index is 0.0557. The molecule has 2 heterocycles. The van der Waals surface area contributed by atoms with E-state index in [1.807, 2.05) is 24.6 Å². The predicted molar refractivity (Wildman–Crippen MR) is 64.0 cm³/mol. The van der Waals surface area contributed by atoms with E-state index in [-0.39, 0.29) is 5.78 Å². The van der Waals surface area contributed by atoms with Crippen molar-refractivity contribution in [3.63, 3.8) is 0 Å². The van der Waals surface area contributed by atoms with Gasteiger partial charge in [-0.25, -0.2) is 0 Å². The summed E-state index contributed by atoms with van der Waals surface area (Å²) in [6.45, 7) is 1.83. The third kappa shape index (κ3) is 2.71. The first-order chi connectivity index (χ1) is 8.20. The summed E-state index contributed by atoms with van der Waals surface area (Å²) in [5.74, 6) is 0.0557. The van der Waals surface area contributed by atoms with E-state index in [4.69, 9.17) is 0 Å². The molecule has 0 bridgehead atoms. The molecule has 6 heteroatoms. The first-order valence-corrected chi connectivity index (χ1v) is 6.03. The van der Waals surface area contributed by atoms with Gasteiger partial charge >= 0.3 is 0 Å². The molecule has 0 saturated carbocycles. The van der Waals surface area contributed by atoms with E-state index in [0.29, 0.717) is 12.1 Å². The Bertz CT molecular complexity index is 521. The van der Waals surface area contributed by atoms with Crippen molar-refractivity contribution < 1.29 is 4.79 Å². The molecule has 0 fully saturated rings. The van der Waals surface area contributed by atoms with Crippen LogP contribution in [0.3, 0.4) is 0 Å². The molecule has 0 spiro atoms. The zero-order valence-corrected chi connectivity index (χ0v) is 10.4. The van der Waals surface area contributed by atoms with Crippen LogP contribution in [0.4, 0.5) is 0 Å². The van der Waals surface area contributed by atoms with E-state index in [9.17, 15) is 4.79 Å². The lowest BCUT2D eigenvalue weighted by Crippen LogP contribution is -1.99. The molecule has 17 heavy (non-hydrogen) atoms. The zero-order chi connectivity index (χ0) is 12.3. The number of pyridine rings is 1. The van der Waals surface area contributed by atoms with Gasteiger partial charge < -0.3 is 4.57 Å². The number of ketones is 1. The lowest BCUT2D eigenvalue weighted by Gasteiger charge is -2.01. The third-order valence-corrected chi connectivity index (χ3v) is 3.25. The van der Waals surface area contributed by atoms with Gasteiger partial charge in [-0.1, -0.05) is 6.92 Å². The SMILES string of the molecule is CCC(=O)c1ccc(Sc2nncn2C)cn1. The number of carbonyl (C=O) groups excluding carboxylic acids is 1. The van der Waals surface area contributed by atoms with Crippen LogP contribution in [0, 0.1) is 0 Å². The molecule has 0 aliphatic rings. The molecule has 0 aliphatic heterocycles. The molecule has 0 amide bonds. The molecule has 5 nitrogen and oxygen atoms in total. The molecule has 88 valence electrons. The van der Waals surface area contributed by atoms with Crippen LogP contribution in [0.15, 0.2) is 34.7 Å². The minimum Gasteiger partial charge on any atom is -0.311 e. The molecule has 0 radical (unpaired) electrons. The highest BCUT2D eigenvalue weighted by molar-refractivity contribution is 7.99. The second-order valence-corrected chi connectivity index (χ2v) is 4.52. The van der Waals surface area contributed by atoms with E-state index in [0.717, 1.165) is 10.1 Å². The molecule has 0 aromatic carbocycles. The predicted octanol–water partition coefficient (Wildman–Crippen LogP) is 1.95. The fraction of sp³-hybridized carbons (Fsp3) is 0.273. The minimum atomic E-state index is 0.0557. The van der Waals surface area contributed by atoms with Gasteiger partial charge in [0.1, 0.15) is 12.0 Å². The Kier molecular flexibility index (Phi) is 3.53. The standard InChI is InChI=1S/C11H12N4OS/c1-3-10(16)9-5-4-8(6-12-9)17-11-14-13-7-15(11)2/h4-7H,3H2,1-2H3. The first kappa shape index (κ1) is 11.8. The smallest absolute Gasteiger partial charge is 0.195 e. The first-order valence-electron chi connectivity index (χ1n) is 5.22. The van der Waals surface area contributed by atoms with Crippen molar-refractivity contribution >= 4 is 17.5 Å². The molecule has 0 atom stereocenters. The van der Waals surface area contributed by atoms with Crippen molar-refractivity contribution in [2.75, 3.05) is 0 Å². The van der Waals surface area contributed by atoms with Gasteiger partial charge in [0.05, 0.1) is 0 Å². The van der Waals surface area contributed by atoms with Gasteiger partial charge in [0.15, 0.2) is 10.9 Å². The Balaban J connectivity index is 2.14. The number of rotatable bonds is 4.